The predicted molar refractivity (Wildman–Crippen MR) is 81.3 cm³/mol. The zero-order valence-corrected chi connectivity index (χ0v) is 12.0. The lowest BCUT2D eigenvalue weighted by molar-refractivity contribution is -0.118. The minimum absolute atomic E-state index is 0.00550. The van der Waals surface area contributed by atoms with E-state index in [4.69, 9.17) is 10.5 Å². The first-order valence-electron chi connectivity index (χ1n) is 7.25. The summed E-state index contributed by atoms with van der Waals surface area (Å²) in [7, 11) is 0. The van der Waals surface area contributed by atoms with Crippen molar-refractivity contribution < 1.29 is 14.3 Å². The van der Waals surface area contributed by atoms with E-state index in [0.29, 0.717) is 30.1 Å². The van der Waals surface area contributed by atoms with Gasteiger partial charge in [-0.2, -0.15) is 0 Å². The Morgan fingerprint density at radius 1 is 1.29 bits per heavy atom. The highest BCUT2D eigenvalue weighted by atomic mass is 16.5. The van der Waals surface area contributed by atoms with E-state index in [2.05, 4.69) is 10.6 Å². The van der Waals surface area contributed by atoms with Crippen molar-refractivity contribution in [1.82, 2.24) is 0 Å². The van der Waals surface area contributed by atoms with Gasteiger partial charge in [0.15, 0.2) is 6.61 Å². The molecule has 6 heteroatoms. The summed E-state index contributed by atoms with van der Waals surface area (Å²) in [5.74, 6) is 0.398. The number of nitrogens with one attached hydrogen (secondary N) is 2. The summed E-state index contributed by atoms with van der Waals surface area (Å²) in [6.45, 7) is 0.712. The Labute approximate surface area is 124 Å². The minimum Gasteiger partial charge on any atom is -0.482 e. The van der Waals surface area contributed by atoms with Gasteiger partial charge in [-0.1, -0.05) is 12.8 Å². The smallest absolute Gasteiger partial charge is 0.262 e. The molecule has 0 aliphatic carbocycles. The summed E-state index contributed by atoms with van der Waals surface area (Å²) in [6, 6.07) is 5.20. The summed E-state index contributed by atoms with van der Waals surface area (Å²) in [5, 5.41) is 5.55. The van der Waals surface area contributed by atoms with Crippen molar-refractivity contribution in [3.63, 3.8) is 0 Å². The summed E-state index contributed by atoms with van der Waals surface area (Å²) in [6.07, 6.45) is 4.46. The molecule has 0 saturated heterocycles. The van der Waals surface area contributed by atoms with Gasteiger partial charge in [0.05, 0.1) is 5.69 Å². The summed E-state index contributed by atoms with van der Waals surface area (Å²) < 4.78 is 5.31. The Kier molecular flexibility index (Phi) is 5.57. The molecule has 1 aromatic rings. The van der Waals surface area contributed by atoms with Gasteiger partial charge in [-0.15, -0.1) is 0 Å². The van der Waals surface area contributed by atoms with Crippen LogP contribution in [0.4, 0.5) is 11.4 Å². The van der Waals surface area contributed by atoms with Crippen molar-refractivity contribution >= 4 is 23.2 Å². The molecular weight excluding hydrogens is 270 g/mol. The van der Waals surface area contributed by atoms with E-state index in [1.54, 1.807) is 18.2 Å². The molecule has 1 aliphatic rings. The van der Waals surface area contributed by atoms with Crippen LogP contribution in [0, 0.1) is 0 Å². The van der Waals surface area contributed by atoms with Crippen LogP contribution in [-0.4, -0.2) is 25.0 Å². The number of fused-ring (bicyclic) bond motifs is 1. The molecule has 0 spiro atoms. The Balaban J connectivity index is 1.80. The number of benzene rings is 1. The Hall–Kier alpha value is -2.08. The second kappa shape index (κ2) is 7.64. The van der Waals surface area contributed by atoms with Crippen molar-refractivity contribution in [3.05, 3.63) is 18.2 Å². The van der Waals surface area contributed by atoms with Gasteiger partial charge in [-0.05, 0) is 31.5 Å². The SMILES string of the molecule is NCCCCCCC(=O)Nc1ccc2c(c1)OCC(=O)N2. The number of carbonyl (C=O) groups excluding carboxylic acids is 2. The summed E-state index contributed by atoms with van der Waals surface area (Å²) >= 11 is 0. The molecule has 1 aliphatic heterocycles. The minimum atomic E-state index is -0.170. The van der Waals surface area contributed by atoms with E-state index in [9.17, 15) is 9.59 Å². The number of carbonyl (C=O) groups is 2. The highest BCUT2D eigenvalue weighted by Gasteiger charge is 2.16. The predicted octanol–water partition coefficient (Wildman–Crippen LogP) is 1.87. The van der Waals surface area contributed by atoms with Gasteiger partial charge in [-0.3, -0.25) is 9.59 Å². The van der Waals surface area contributed by atoms with E-state index >= 15 is 0 Å². The molecule has 0 bridgehead atoms. The number of amides is 2. The standard InChI is InChI=1S/C15H21N3O3/c16-8-4-2-1-3-5-14(19)17-11-6-7-12-13(9-11)21-10-15(20)18-12/h6-7,9H,1-5,8,10,16H2,(H,17,19)(H,18,20). The molecule has 1 aromatic carbocycles. The average molecular weight is 291 g/mol. The fraction of sp³-hybridized carbons (Fsp3) is 0.467. The van der Waals surface area contributed by atoms with Gasteiger partial charge in [0, 0.05) is 18.2 Å². The lowest BCUT2D eigenvalue weighted by atomic mass is 10.1. The number of rotatable bonds is 7. The van der Waals surface area contributed by atoms with Crippen LogP contribution in [0.3, 0.4) is 0 Å². The molecule has 0 saturated carbocycles. The van der Waals surface area contributed by atoms with Gasteiger partial charge in [0.2, 0.25) is 5.91 Å². The quantitative estimate of drug-likeness (QED) is 0.668. The van der Waals surface area contributed by atoms with Crippen LogP contribution in [-0.2, 0) is 9.59 Å². The highest BCUT2D eigenvalue weighted by Crippen LogP contribution is 2.30. The third kappa shape index (κ3) is 4.75. The topological polar surface area (TPSA) is 93.5 Å². The zero-order chi connectivity index (χ0) is 15.1. The molecule has 0 aromatic heterocycles. The van der Waals surface area contributed by atoms with Gasteiger partial charge < -0.3 is 21.1 Å². The molecule has 0 radical (unpaired) electrons. The lowest BCUT2D eigenvalue weighted by Crippen LogP contribution is -2.25. The molecule has 114 valence electrons. The average Bonchev–Trinajstić information content (AvgIpc) is 2.47. The first kappa shape index (κ1) is 15.3. The molecule has 1 heterocycles. The van der Waals surface area contributed by atoms with Crippen LogP contribution in [0.25, 0.3) is 0 Å². The van der Waals surface area contributed by atoms with Crippen molar-refractivity contribution in [2.45, 2.75) is 32.1 Å². The molecular formula is C15H21N3O3. The van der Waals surface area contributed by atoms with Crippen LogP contribution >= 0.6 is 0 Å². The molecule has 0 atom stereocenters. The normalized spacial score (nSPS) is 13.1. The number of hydrogen-bond acceptors (Lipinski definition) is 4. The van der Waals surface area contributed by atoms with Crippen molar-refractivity contribution in [2.75, 3.05) is 23.8 Å². The number of hydrogen-bond donors (Lipinski definition) is 3. The number of anilines is 2. The Bertz CT molecular complexity index is 517. The van der Waals surface area contributed by atoms with Crippen LogP contribution in [0.2, 0.25) is 0 Å². The Morgan fingerprint density at radius 2 is 2.10 bits per heavy atom. The van der Waals surface area contributed by atoms with Crippen LogP contribution in [0.1, 0.15) is 32.1 Å². The van der Waals surface area contributed by atoms with Gasteiger partial charge in [-0.25, -0.2) is 0 Å². The fourth-order valence-electron chi connectivity index (χ4n) is 2.16. The highest BCUT2D eigenvalue weighted by molar-refractivity contribution is 5.97. The zero-order valence-electron chi connectivity index (χ0n) is 12.0. The molecule has 2 amide bonds. The second-order valence-corrected chi connectivity index (χ2v) is 5.05. The maximum Gasteiger partial charge on any atom is 0.262 e. The van der Waals surface area contributed by atoms with Gasteiger partial charge in [0.1, 0.15) is 5.75 Å². The molecule has 21 heavy (non-hydrogen) atoms. The van der Waals surface area contributed by atoms with Gasteiger partial charge >= 0.3 is 0 Å². The van der Waals surface area contributed by atoms with Crippen molar-refractivity contribution in [2.24, 2.45) is 5.73 Å². The van der Waals surface area contributed by atoms with Crippen molar-refractivity contribution in [3.8, 4) is 5.75 Å². The van der Waals surface area contributed by atoms with Gasteiger partial charge in [0.25, 0.3) is 5.91 Å². The van der Waals surface area contributed by atoms with E-state index in [-0.39, 0.29) is 18.4 Å². The molecule has 4 N–H and O–H groups in total. The molecule has 2 rings (SSSR count). The summed E-state index contributed by atoms with van der Waals surface area (Å²) in [5.41, 5.74) is 6.73. The summed E-state index contributed by atoms with van der Waals surface area (Å²) in [4.78, 5) is 23.0. The first-order chi connectivity index (χ1) is 10.2. The maximum atomic E-state index is 11.8. The van der Waals surface area contributed by atoms with E-state index < -0.39 is 0 Å². The van der Waals surface area contributed by atoms with Crippen LogP contribution in [0.15, 0.2) is 18.2 Å². The van der Waals surface area contributed by atoms with E-state index in [1.165, 1.54) is 0 Å². The lowest BCUT2D eigenvalue weighted by Gasteiger charge is -2.18. The largest absolute Gasteiger partial charge is 0.482 e. The molecule has 0 fully saturated rings. The molecule has 6 nitrogen and oxygen atoms in total. The third-order valence-corrected chi connectivity index (χ3v) is 3.26. The van der Waals surface area contributed by atoms with E-state index in [0.717, 1.165) is 25.7 Å². The van der Waals surface area contributed by atoms with Crippen molar-refractivity contribution in [1.29, 1.82) is 0 Å². The molecule has 0 unspecified atom stereocenters. The van der Waals surface area contributed by atoms with Crippen LogP contribution < -0.4 is 21.1 Å². The monoisotopic (exact) mass is 291 g/mol. The van der Waals surface area contributed by atoms with Crippen LogP contribution in [0.5, 0.6) is 5.75 Å². The first-order valence-corrected chi connectivity index (χ1v) is 7.25. The third-order valence-electron chi connectivity index (χ3n) is 3.26. The maximum absolute atomic E-state index is 11.8. The second-order valence-electron chi connectivity index (χ2n) is 5.05. The number of unbranched alkanes of at least 4 members (excludes halogenated alkanes) is 3. The number of ether oxygens (including phenoxy) is 1. The van der Waals surface area contributed by atoms with E-state index in [1.807, 2.05) is 0 Å². The fourth-order valence-corrected chi connectivity index (χ4v) is 2.16. The number of nitrogens with two attached hydrogens (primary N) is 1. The Morgan fingerprint density at radius 3 is 2.90 bits per heavy atom.